The van der Waals surface area contributed by atoms with Crippen LogP contribution in [0.5, 0.6) is 5.75 Å². The largest absolute Gasteiger partial charge is 0.496 e. The Labute approximate surface area is 116 Å². The van der Waals surface area contributed by atoms with E-state index in [1.165, 1.54) is 30.6 Å². The minimum atomic E-state index is -0.485. The predicted octanol–water partition coefficient (Wildman–Crippen LogP) is 3.91. The number of thiophene rings is 1. The number of benzene rings is 1. The number of anilines is 1. The van der Waals surface area contributed by atoms with E-state index in [1.54, 1.807) is 17.5 Å². The van der Waals surface area contributed by atoms with Crippen molar-refractivity contribution in [3.05, 3.63) is 44.8 Å². The number of carbonyl (C=O) groups excluding carboxylic acids is 1. The van der Waals surface area contributed by atoms with Crippen LogP contribution in [0.4, 0.5) is 10.1 Å². The van der Waals surface area contributed by atoms with Gasteiger partial charge in [-0.25, -0.2) is 4.39 Å². The smallest absolute Gasteiger partial charge is 0.265 e. The first-order valence-corrected chi connectivity index (χ1v) is 6.66. The highest BCUT2D eigenvalue weighted by Gasteiger charge is 2.12. The molecule has 2 aromatic rings. The molecule has 1 aromatic carbocycles. The predicted molar refractivity (Wildman–Crippen MR) is 72.9 cm³/mol. The zero-order valence-electron chi connectivity index (χ0n) is 9.37. The van der Waals surface area contributed by atoms with Crippen molar-refractivity contribution >= 4 is 38.9 Å². The summed E-state index contributed by atoms with van der Waals surface area (Å²) < 4.78 is 19.1. The number of carbonyl (C=O) groups is 1. The van der Waals surface area contributed by atoms with Crippen LogP contribution in [0.2, 0.25) is 0 Å². The van der Waals surface area contributed by atoms with E-state index < -0.39 is 5.82 Å². The number of nitrogens with one attached hydrogen (secondary N) is 1. The summed E-state index contributed by atoms with van der Waals surface area (Å²) >= 11 is 4.39. The van der Waals surface area contributed by atoms with Gasteiger partial charge in [0.1, 0.15) is 11.6 Å². The second kappa shape index (κ2) is 5.49. The van der Waals surface area contributed by atoms with Gasteiger partial charge in [-0.2, -0.15) is 0 Å². The van der Waals surface area contributed by atoms with Crippen molar-refractivity contribution in [1.82, 2.24) is 0 Å². The van der Waals surface area contributed by atoms with E-state index in [1.807, 2.05) is 0 Å². The standard InChI is InChI=1S/C12H9BrFNO2S/c1-17-8-5-11(18-6-8)12(16)15-10-3-2-7(13)4-9(10)14/h2-6H,1H3,(H,15,16). The summed E-state index contributed by atoms with van der Waals surface area (Å²) in [6.45, 7) is 0. The fraction of sp³-hybridized carbons (Fsp3) is 0.0833. The minimum Gasteiger partial charge on any atom is -0.496 e. The third-order valence-electron chi connectivity index (χ3n) is 2.21. The first-order chi connectivity index (χ1) is 8.60. The van der Waals surface area contributed by atoms with Crippen molar-refractivity contribution in [1.29, 1.82) is 0 Å². The number of ether oxygens (including phenoxy) is 1. The van der Waals surface area contributed by atoms with Gasteiger partial charge in [0, 0.05) is 15.9 Å². The molecule has 0 aliphatic rings. The molecular weight excluding hydrogens is 321 g/mol. The normalized spacial score (nSPS) is 10.2. The lowest BCUT2D eigenvalue weighted by molar-refractivity contribution is 0.103. The van der Waals surface area contributed by atoms with E-state index >= 15 is 0 Å². The molecule has 0 spiro atoms. The average molecular weight is 330 g/mol. The van der Waals surface area contributed by atoms with Crippen molar-refractivity contribution in [2.45, 2.75) is 0 Å². The van der Waals surface area contributed by atoms with Gasteiger partial charge in [0.05, 0.1) is 17.7 Å². The molecule has 1 aromatic heterocycles. The van der Waals surface area contributed by atoms with Crippen LogP contribution < -0.4 is 10.1 Å². The molecule has 0 aliphatic carbocycles. The molecule has 0 aliphatic heterocycles. The van der Waals surface area contributed by atoms with Gasteiger partial charge in [0.25, 0.3) is 5.91 Å². The average Bonchev–Trinajstić information content (AvgIpc) is 2.81. The van der Waals surface area contributed by atoms with Gasteiger partial charge < -0.3 is 10.1 Å². The number of amides is 1. The molecule has 0 saturated carbocycles. The minimum absolute atomic E-state index is 0.149. The summed E-state index contributed by atoms with van der Waals surface area (Å²) in [6.07, 6.45) is 0. The highest BCUT2D eigenvalue weighted by molar-refractivity contribution is 9.10. The molecule has 1 amide bonds. The second-order valence-electron chi connectivity index (χ2n) is 3.43. The van der Waals surface area contributed by atoms with E-state index in [4.69, 9.17) is 4.74 Å². The Hall–Kier alpha value is -1.40. The van der Waals surface area contributed by atoms with Gasteiger partial charge in [0.2, 0.25) is 0 Å². The number of rotatable bonds is 3. The molecule has 0 atom stereocenters. The van der Waals surface area contributed by atoms with Crippen molar-refractivity contribution < 1.29 is 13.9 Å². The topological polar surface area (TPSA) is 38.3 Å². The summed E-state index contributed by atoms with van der Waals surface area (Å²) in [5.74, 6) is -0.229. The summed E-state index contributed by atoms with van der Waals surface area (Å²) in [7, 11) is 1.53. The van der Waals surface area contributed by atoms with Gasteiger partial charge >= 0.3 is 0 Å². The monoisotopic (exact) mass is 329 g/mol. The first-order valence-electron chi connectivity index (χ1n) is 4.99. The number of hydrogen-bond acceptors (Lipinski definition) is 3. The zero-order valence-corrected chi connectivity index (χ0v) is 11.8. The molecule has 0 bridgehead atoms. The summed E-state index contributed by atoms with van der Waals surface area (Å²) in [5.41, 5.74) is 0.149. The van der Waals surface area contributed by atoms with Crippen LogP contribution in [0.25, 0.3) is 0 Å². The maximum atomic E-state index is 13.5. The van der Waals surface area contributed by atoms with Crippen LogP contribution >= 0.6 is 27.3 Å². The molecule has 1 heterocycles. The van der Waals surface area contributed by atoms with Crippen molar-refractivity contribution in [2.75, 3.05) is 12.4 Å². The number of halogens is 2. The van der Waals surface area contributed by atoms with Gasteiger partial charge in [-0.05, 0) is 18.2 Å². The van der Waals surface area contributed by atoms with E-state index in [0.717, 1.165) is 0 Å². The van der Waals surface area contributed by atoms with E-state index in [-0.39, 0.29) is 11.6 Å². The van der Waals surface area contributed by atoms with Crippen LogP contribution in [0.3, 0.4) is 0 Å². The lowest BCUT2D eigenvalue weighted by Gasteiger charge is -2.05. The molecule has 2 rings (SSSR count). The van der Waals surface area contributed by atoms with E-state index in [2.05, 4.69) is 21.2 Å². The zero-order chi connectivity index (χ0) is 13.1. The third kappa shape index (κ3) is 2.88. The molecule has 94 valence electrons. The van der Waals surface area contributed by atoms with Crippen molar-refractivity contribution in [3.63, 3.8) is 0 Å². The second-order valence-corrected chi connectivity index (χ2v) is 5.26. The quantitative estimate of drug-likeness (QED) is 0.927. The van der Waals surface area contributed by atoms with Gasteiger partial charge in [-0.1, -0.05) is 15.9 Å². The van der Waals surface area contributed by atoms with E-state index in [0.29, 0.717) is 15.1 Å². The van der Waals surface area contributed by atoms with Crippen LogP contribution in [0.1, 0.15) is 9.67 Å². The molecular formula is C12H9BrFNO2S. The SMILES string of the molecule is COc1csc(C(=O)Nc2ccc(Br)cc2F)c1. The first kappa shape index (κ1) is 13.0. The Morgan fingerprint density at radius 1 is 1.44 bits per heavy atom. The molecule has 6 heteroatoms. The highest BCUT2D eigenvalue weighted by atomic mass is 79.9. The van der Waals surface area contributed by atoms with Gasteiger partial charge in [0.15, 0.2) is 0 Å². The van der Waals surface area contributed by atoms with Gasteiger partial charge in [-0.15, -0.1) is 11.3 Å². The molecule has 0 saturated heterocycles. The lowest BCUT2D eigenvalue weighted by atomic mass is 10.3. The Morgan fingerprint density at radius 2 is 2.22 bits per heavy atom. The lowest BCUT2D eigenvalue weighted by Crippen LogP contribution is -2.11. The summed E-state index contributed by atoms with van der Waals surface area (Å²) in [4.78, 5) is 12.3. The Morgan fingerprint density at radius 3 is 2.83 bits per heavy atom. The van der Waals surface area contributed by atoms with Crippen molar-refractivity contribution in [3.8, 4) is 5.75 Å². The Balaban J connectivity index is 2.16. The molecule has 3 nitrogen and oxygen atoms in total. The molecule has 0 radical (unpaired) electrons. The van der Waals surface area contributed by atoms with Crippen LogP contribution in [0, 0.1) is 5.82 Å². The highest BCUT2D eigenvalue weighted by Crippen LogP contribution is 2.24. The van der Waals surface area contributed by atoms with Gasteiger partial charge in [-0.3, -0.25) is 4.79 Å². The molecule has 0 unspecified atom stereocenters. The van der Waals surface area contributed by atoms with Crippen molar-refractivity contribution in [2.24, 2.45) is 0 Å². The summed E-state index contributed by atoms with van der Waals surface area (Å²) in [5, 5.41) is 4.23. The fourth-order valence-corrected chi connectivity index (χ4v) is 2.40. The number of hydrogen-bond donors (Lipinski definition) is 1. The van der Waals surface area contributed by atoms with Crippen LogP contribution in [0.15, 0.2) is 34.1 Å². The van der Waals surface area contributed by atoms with E-state index in [9.17, 15) is 9.18 Å². The van der Waals surface area contributed by atoms with Crippen LogP contribution in [-0.2, 0) is 0 Å². The molecule has 1 N–H and O–H groups in total. The number of methoxy groups -OCH3 is 1. The summed E-state index contributed by atoms with van der Waals surface area (Å²) in [6, 6.07) is 6.07. The molecule has 0 fully saturated rings. The maximum Gasteiger partial charge on any atom is 0.265 e. The van der Waals surface area contributed by atoms with Crippen LogP contribution in [-0.4, -0.2) is 13.0 Å². The fourth-order valence-electron chi connectivity index (χ4n) is 1.32. The maximum absolute atomic E-state index is 13.5. The Bertz CT molecular complexity index is 585. The third-order valence-corrected chi connectivity index (χ3v) is 3.61. The molecule has 18 heavy (non-hydrogen) atoms. The Kier molecular flexibility index (Phi) is 3.98.